The smallest absolute Gasteiger partial charge is 0.318 e. The van der Waals surface area contributed by atoms with Crippen LogP contribution < -0.4 is 0 Å². The largest absolute Gasteiger partial charge is 0.480 e. The predicted molar refractivity (Wildman–Crippen MR) is 79.7 cm³/mol. The standard InChI is InChI=1S/C11H12Cl3NO5S/c1-20-3-2-15(6-10(16)17)21(18,19)11-8(13)4-7(12)5-9(11)14/h4-5H,2-3,6H2,1H3,(H,16,17). The molecule has 0 aromatic heterocycles. The van der Waals surface area contributed by atoms with Gasteiger partial charge in [0.1, 0.15) is 11.4 Å². The highest BCUT2D eigenvalue weighted by Gasteiger charge is 2.30. The van der Waals surface area contributed by atoms with E-state index >= 15 is 0 Å². The molecule has 1 aromatic rings. The number of rotatable bonds is 7. The van der Waals surface area contributed by atoms with Crippen molar-refractivity contribution >= 4 is 50.8 Å². The number of carbonyl (C=O) groups is 1. The Kier molecular flexibility index (Phi) is 6.71. The number of benzene rings is 1. The van der Waals surface area contributed by atoms with Crippen LogP contribution in [0.3, 0.4) is 0 Å². The Morgan fingerprint density at radius 2 is 1.81 bits per heavy atom. The molecule has 21 heavy (non-hydrogen) atoms. The van der Waals surface area contributed by atoms with Crippen molar-refractivity contribution in [1.82, 2.24) is 4.31 Å². The maximum atomic E-state index is 12.5. The first kappa shape index (κ1) is 18.5. The van der Waals surface area contributed by atoms with E-state index in [9.17, 15) is 13.2 Å². The molecule has 0 aliphatic heterocycles. The summed E-state index contributed by atoms with van der Waals surface area (Å²) in [5, 5.41) is 8.65. The average Bonchev–Trinajstić information content (AvgIpc) is 2.32. The van der Waals surface area contributed by atoms with E-state index in [0.717, 1.165) is 4.31 Å². The van der Waals surface area contributed by atoms with Gasteiger partial charge in [0.15, 0.2) is 0 Å². The third kappa shape index (κ3) is 4.70. The van der Waals surface area contributed by atoms with Crippen LogP contribution in [0, 0.1) is 0 Å². The number of halogens is 3. The molecule has 0 saturated heterocycles. The van der Waals surface area contributed by atoms with Crippen LogP contribution in [0.5, 0.6) is 0 Å². The van der Waals surface area contributed by atoms with Crippen LogP contribution in [0.15, 0.2) is 17.0 Å². The molecule has 0 heterocycles. The van der Waals surface area contributed by atoms with Gasteiger partial charge in [-0.3, -0.25) is 4.79 Å². The van der Waals surface area contributed by atoms with E-state index in [1.165, 1.54) is 19.2 Å². The SMILES string of the molecule is COCCN(CC(=O)O)S(=O)(=O)c1c(Cl)cc(Cl)cc1Cl. The number of sulfonamides is 1. The van der Waals surface area contributed by atoms with Crippen LogP contribution in [-0.2, 0) is 19.6 Å². The number of carboxylic acid groups (broad SMARTS) is 1. The van der Waals surface area contributed by atoms with Crippen LogP contribution in [0.25, 0.3) is 0 Å². The first-order valence-corrected chi connectivity index (χ1v) is 8.13. The Morgan fingerprint density at radius 1 is 1.29 bits per heavy atom. The first-order valence-electron chi connectivity index (χ1n) is 5.55. The monoisotopic (exact) mass is 375 g/mol. The van der Waals surface area contributed by atoms with Crippen molar-refractivity contribution in [3.63, 3.8) is 0 Å². The van der Waals surface area contributed by atoms with Crippen LogP contribution >= 0.6 is 34.8 Å². The first-order chi connectivity index (χ1) is 9.70. The molecule has 0 radical (unpaired) electrons. The third-order valence-corrected chi connectivity index (χ3v) is 5.40. The van der Waals surface area contributed by atoms with Gasteiger partial charge in [-0.15, -0.1) is 0 Å². The summed E-state index contributed by atoms with van der Waals surface area (Å²) < 4.78 is 30.5. The lowest BCUT2D eigenvalue weighted by Crippen LogP contribution is -2.38. The molecule has 0 aliphatic rings. The van der Waals surface area contributed by atoms with E-state index in [1.807, 2.05) is 0 Å². The van der Waals surface area contributed by atoms with E-state index in [-0.39, 0.29) is 33.1 Å². The lowest BCUT2D eigenvalue weighted by molar-refractivity contribution is -0.137. The van der Waals surface area contributed by atoms with E-state index < -0.39 is 22.5 Å². The maximum absolute atomic E-state index is 12.5. The molecular formula is C11H12Cl3NO5S. The Balaban J connectivity index is 3.31. The Hall–Kier alpha value is -0.570. The van der Waals surface area contributed by atoms with E-state index in [4.69, 9.17) is 44.6 Å². The van der Waals surface area contributed by atoms with Crippen molar-refractivity contribution in [2.45, 2.75) is 4.90 Å². The molecule has 10 heteroatoms. The molecule has 1 aromatic carbocycles. The van der Waals surface area contributed by atoms with E-state index in [2.05, 4.69) is 0 Å². The molecule has 0 unspecified atom stereocenters. The zero-order chi connectivity index (χ0) is 16.2. The normalized spacial score (nSPS) is 11.9. The van der Waals surface area contributed by atoms with Gasteiger partial charge in [0.25, 0.3) is 0 Å². The van der Waals surface area contributed by atoms with Gasteiger partial charge in [-0.25, -0.2) is 8.42 Å². The Bertz CT molecular complexity index is 612. The van der Waals surface area contributed by atoms with Gasteiger partial charge in [0.05, 0.1) is 16.7 Å². The van der Waals surface area contributed by atoms with Crippen molar-refractivity contribution in [2.75, 3.05) is 26.8 Å². The number of nitrogens with zero attached hydrogens (tertiary/aromatic N) is 1. The van der Waals surface area contributed by atoms with E-state index in [1.54, 1.807) is 0 Å². The molecular weight excluding hydrogens is 365 g/mol. The Labute approximate surface area is 137 Å². The van der Waals surface area contributed by atoms with Gasteiger partial charge in [0, 0.05) is 18.7 Å². The van der Waals surface area contributed by atoms with Crippen LogP contribution in [0.2, 0.25) is 15.1 Å². The summed E-state index contributed by atoms with van der Waals surface area (Å²) in [6.45, 7) is -0.864. The number of carboxylic acids is 1. The van der Waals surface area contributed by atoms with Crippen molar-refractivity contribution in [3.05, 3.63) is 27.2 Å². The van der Waals surface area contributed by atoms with Gasteiger partial charge in [-0.1, -0.05) is 34.8 Å². The van der Waals surface area contributed by atoms with Crippen molar-refractivity contribution < 1.29 is 23.1 Å². The van der Waals surface area contributed by atoms with Gasteiger partial charge in [0.2, 0.25) is 10.0 Å². The summed E-state index contributed by atoms with van der Waals surface area (Å²) >= 11 is 17.5. The van der Waals surface area contributed by atoms with Crippen molar-refractivity contribution in [2.24, 2.45) is 0 Å². The van der Waals surface area contributed by atoms with Crippen molar-refractivity contribution in [3.8, 4) is 0 Å². The molecule has 0 spiro atoms. The summed E-state index contributed by atoms with van der Waals surface area (Å²) in [6, 6.07) is 2.44. The number of hydrogen-bond acceptors (Lipinski definition) is 4. The molecule has 1 rings (SSSR count). The van der Waals surface area contributed by atoms with Crippen LogP contribution in [0.1, 0.15) is 0 Å². The minimum atomic E-state index is -4.20. The molecule has 0 amide bonds. The van der Waals surface area contributed by atoms with Gasteiger partial charge < -0.3 is 9.84 Å². The quantitative estimate of drug-likeness (QED) is 0.790. The van der Waals surface area contributed by atoms with E-state index in [0.29, 0.717) is 0 Å². The molecule has 0 aliphatic carbocycles. The summed E-state index contributed by atoms with van der Waals surface area (Å²) in [5.41, 5.74) is 0. The molecule has 0 atom stereocenters. The minimum absolute atomic E-state index is 0.0232. The van der Waals surface area contributed by atoms with Crippen molar-refractivity contribution in [1.29, 1.82) is 0 Å². The lowest BCUT2D eigenvalue weighted by Gasteiger charge is -2.21. The number of aliphatic carboxylic acids is 1. The maximum Gasteiger partial charge on any atom is 0.318 e. The minimum Gasteiger partial charge on any atom is -0.480 e. The topological polar surface area (TPSA) is 83.9 Å². The van der Waals surface area contributed by atoms with Gasteiger partial charge >= 0.3 is 5.97 Å². The highest BCUT2D eigenvalue weighted by molar-refractivity contribution is 7.89. The van der Waals surface area contributed by atoms with Gasteiger partial charge in [-0.2, -0.15) is 4.31 Å². The van der Waals surface area contributed by atoms with Crippen LogP contribution in [-0.4, -0.2) is 50.6 Å². The molecule has 0 saturated carbocycles. The lowest BCUT2D eigenvalue weighted by atomic mass is 10.4. The van der Waals surface area contributed by atoms with Crippen LogP contribution in [0.4, 0.5) is 0 Å². The zero-order valence-electron chi connectivity index (χ0n) is 10.8. The highest BCUT2D eigenvalue weighted by atomic mass is 35.5. The second-order valence-electron chi connectivity index (χ2n) is 3.92. The summed E-state index contributed by atoms with van der Waals surface area (Å²) in [6.07, 6.45) is 0. The summed E-state index contributed by atoms with van der Waals surface area (Å²) in [5.74, 6) is -1.31. The predicted octanol–water partition coefficient (Wildman–Crippen LogP) is 2.37. The molecule has 118 valence electrons. The summed E-state index contributed by atoms with van der Waals surface area (Å²) in [7, 11) is -2.83. The summed E-state index contributed by atoms with van der Waals surface area (Å²) in [4.78, 5) is 10.5. The molecule has 0 bridgehead atoms. The third-order valence-electron chi connectivity index (χ3n) is 2.42. The Morgan fingerprint density at radius 3 is 2.24 bits per heavy atom. The second-order valence-corrected chi connectivity index (χ2v) is 7.05. The highest BCUT2D eigenvalue weighted by Crippen LogP contribution is 2.34. The molecule has 1 N–H and O–H groups in total. The zero-order valence-corrected chi connectivity index (χ0v) is 13.9. The number of ether oxygens (including phenoxy) is 1. The molecule has 6 nitrogen and oxygen atoms in total. The second kappa shape index (κ2) is 7.62. The number of methoxy groups -OCH3 is 1. The van der Waals surface area contributed by atoms with Gasteiger partial charge in [-0.05, 0) is 12.1 Å². The molecule has 0 fully saturated rings. The number of hydrogen-bond donors (Lipinski definition) is 1. The average molecular weight is 377 g/mol. The fraction of sp³-hybridized carbons (Fsp3) is 0.364. The fourth-order valence-corrected chi connectivity index (χ4v) is 4.40. The fourth-order valence-electron chi connectivity index (χ4n) is 1.53.